The van der Waals surface area contributed by atoms with Gasteiger partial charge >= 0.3 is 0 Å². The van der Waals surface area contributed by atoms with Crippen LogP contribution >= 0.6 is 11.3 Å². The highest BCUT2D eigenvalue weighted by Gasteiger charge is 2.44. The molecule has 1 aliphatic heterocycles. The number of nitrogens with one attached hydrogen (secondary N) is 1. The van der Waals surface area contributed by atoms with Gasteiger partial charge in [-0.15, -0.1) is 11.3 Å². The molecular weight excluding hydrogens is 393 g/mol. The Labute approximate surface area is 173 Å². The van der Waals surface area contributed by atoms with Crippen LogP contribution in [-0.2, 0) is 4.79 Å². The first kappa shape index (κ1) is 21.1. The van der Waals surface area contributed by atoms with E-state index in [0.29, 0.717) is 29.1 Å². The maximum Gasteiger partial charge on any atom is 0.290 e. The normalized spacial score (nSPS) is 17.0. The van der Waals surface area contributed by atoms with Gasteiger partial charge in [-0.3, -0.25) is 9.59 Å². The molecule has 1 aromatic heterocycles. The van der Waals surface area contributed by atoms with Crippen molar-refractivity contribution in [2.75, 3.05) is 27.2 Å². The SMILES string of the molecule is Cc1nc(C)c(C(=O)C2=C(O)C(=O)N(CCC[NH+](C)C)[C@@H]2c2ccc(F)cc2)s1. The van der Waals surface area contributed by atoms with Crippen molar-refractivity contribution in [1.82, 2.24) is 9.88 Å². The van der Waals surface area contributed by atoms with Gasteiger partial charge in [0.05, 0.1) is 47.8 Å². The van der Waals surface area contributed by atoms with Gasteiger partial charge in [0, 0.05) is 13.0 Å². The summed E-state index contributed by atoms with van der Waals surface area (Å²) in [5, 5.41) is 11.4. The summed E-state index contributed by atoms with van der Waals surface area (Å²) in [6.07, 6.45) is 0.708. The molecule has 0 saturated carbocycles. The summed E-state index contributed by atoms with van der Waals surface area (Å²) in [5.74, 6) is -1.92. The maximum absolute atomic E-state index is 13.5. The number of quaternary nitrogens is 1. The largest absolute Gasteiger partial charge is 0.503 e. The third kappa shape index (κ3) is 4.23. The third-order valence-electron chi connectivity index (χ3n) is 4.92. The lowest BCUT2D eigenvalue weighted by Gasteiger charge is -2.27. The number of benzene rings is 1. The average Bonchev–Trinajstić information content (AvgIpc) is 3.12. The summed E-state index contributed by atoms with van der Waals surface area (Å²) in [6.45, 7) is 4.75. The van der Waals surface area contributed by atoms with Crippen molar-refractivity contribution >= 4 is 23.0 Å². The van der Waals surface area contributed by atoms with Crippen molar-refractivity contribution < 1.29 is 24.0 Å². The van der Waals surface area contributed by atoms with E-state index in [1.165, 1.54) is 33.3 Å². The third-order valence-corrected chi connectivity index (χ3v) is 5.99. The molecular formula is C21H25FN3O3S+. The number of thiazole rings is 1. The average molecular weight is 419 g/mol. The van der Waals surface area contributed by atoms with E-state index in [1.807, 2.05) is 14.1 Å². The van der Waals surface area contributed by atoms with Crippen LogP contribution in [0.3, 0.4) is 0 Å². The fourth-order valence-corrected chi connectivity index (χ4v) is 4.45. The lowest BCUT2D eigenvalue weighted by Crippen LogP contribution is -3.05. The fraction of sp³-hybridized carbons (Fsp3) is 0.381. The van der Waals surface area contributed by atoms with Gasteiger partial charge in [-0.05, 0) is 31.5 Å². The fourth-order valence-electron chi connectivity index (χ4n) is 3.58. The Balaban J connectivity index is 2.03. The second-order valence-electron chi connectivity index (χ2n) is 7.50. The summed E-state index contributed by atoms with van der Waals surface area (Å²) < 4.78 is 13.5. The number of aryl methyl sites for hydroxylation is 2. The molecule has 1 amide bonds. The molecule has 0 bridgehead atoms. The number of carbonyl (C=O) groups is 2. The number of aliphatic hydroxyl groups excluding tert-OH is 1. The number of halogens is 1. The molecule has 0 radical (unpaired) electrons. The van der Waals surface area contributed by atoms with E-state index in [4.69, 9.17) is 0 Å². The lowest BCUT2D eigenvalue weighted by molar-refractivity contribution is -0.858. The molecule has 29 heavy (non-hydrogen) atoms. The van der Waals surface area contributed by atoms with Crippen molar-refractivity contribution in [1.29, 1.82) is 0 Å². The van der Waals surface area contributed by atoms with Crippen LogP contribution in [0.1, 0.15) is 38.4 Å². The van der Waals surface area contributed by atoms with Crippen molar-refractivity contribution in [2.45, 2.75) is 26.3 Å². The van der Waals surface area contributed by atoms with E-state index in [-0.39, 0.29) is 5.57 Å². The number of aromatic nitrogens is 1. The van der Waals surface area contributed by atoms with Gasteiger partial charge in [0.15, 0.2) is 5.76 Å². The van der Waals surface area contributed by atoms with Crippen molar-refractivity contribution in [3.8, 4) is 0 Å². The Kier molecular flexibility index (Phi) is 6.14. The molecule has 6 nitrogen and oxygen atoms in total. The number of hydrogen-bond acceptors (Lipinski definition) is 5. The van der Waals surface area contributed by atoms with Crippen LogP contribution in [0.15, 0.2) is 35.6 Å². The van der Waals surface area contributed by atoms with Gasteiger partial charge in [-0.25, -0.2) is 9.37 Å². The van der Waals surface area contributed by atoms with Crippen molar-refractivity contribution in [3.05, 3.63) is 62.6 Å². The van der Waals surface area contributed by atoms with Gasteiger partial charge in [-0.1, -0.05) is 12.1 Å². The summed E-state index contributed by atoms with van der Waals surface area (Å²) >= 11 is 1.24. The molecule has 0 spiro atoms. The topological polar surface area (TPSA) is 74.9 Å². The molecule has 3 rings (SSSR count). The van der Waals surface area contributed by atoms with E-state index in [0.717, 1.165) is 11.6 Å². The number of amides is 1. The summed E-state index contributed by atoms with van der Waals surface area (Å²) in [7, 11) is 4.03. The zero-order chi connectivity index (χ0) is 21.3. The molecule has 2 N–H and O–H groups in total. The second-order valence-corrected chi connectivity index (χ2v) is 8.71. The number of carbonyl (C=O) groups excluding carboxylic acids is 2. The molecule has 0 unspecified atom stereocenters. The van der Waals surface area contributed by atoms with Crippen LogP contribution in [-0.4, -0.2) is 53.9 Å². The Morgan fingerprint density at radius 1 is 1.28 bits per heavy atom. The van der Waals surface area contributed by atoms with Gasteiger partial charge in [0.25, 0.3) is 5.91 Å². The van der Waals surface area contributed by atoms with Crippen LogP contribution in [0.4, 0.5) is 4.39 Å². The molecule has 154 valence electrons. The smallest absolute Gasteiger partial charge is 0.290 e. The predicted molar refractivity (Wildman–Crippen MR) is 109 cm³/mol. The van der Waals surface area contributed by atoms with Gasteiger partial charge < -0.3 is 14.9 Å². The number of aliphatic hydroxyl groups is 1. The minimum absolute atomic E-state index is 0.0329. The van der Waals surface area contributed by atoms with Crippen molar-refractivity contribution in [3.63, 3.8) is 0 Å². The first-order valence-electron chi connectivity index (χ1n) is 9.48. The minimum atomic E-state index is -0.755. The lowest BCUT2D eigenvalue weighted by atomic mass is 9.95. The standard InChI is InChI=1S/C21H24FN3O3S/c1-12-20(29-13(2)23-12)18(26)16-17(14-6-8-15(22)9-7-14)25(21(28)19(16)27)11-5-10-24(3)4/h6-9,17,27H,5,10-11H2,1-4H3/p+1/t17-/m1/s1. The van der Waals surface area contributed by atoms with Gasteiger partial charge in [0.2, 0.25) is 5.78 Å². The molecule has 1 atom stereocenters. The number of Topliss-reactive ketones (excluding diaryl/α,β-unsaturated/α-hetero) is 1. The van der Waals surface area contributed by atoms with Crippen LogP contribution in [0.2, 0.25) is 0 Å². The van der Waals surface area contributed by atoms with E-state index >= 15 is 0 Å². The Morgan fingerprint density at radius 2 is 1.93 bits per heavy atom. The monoisotopic (exact) mass is 418 g/mol. The van der Waals surface area contributed by atoms with E-state index in [2.05, 4.69) is 4.98 Å². The van der Waals surface area contributed by atoms with Crippen LogP contribution in [0.25, 0.3) is 0 Å². The van der Waals surface area contributed by atoms with E-state index in [1.54, 1.807) is 26.0 Å². The molecule has 0 fully saturated rings. The highest BCUT2D eigenvalue weighted by Crippen LogP contribution is 2.40. The molecule has 8 heteroatoms. The number of rotatable bonds is 7. The van der Waals surface area contributed by atoms with Crippen molar-refractivity contribution in [2.24, 2.45) is 0 Å². The summed E-state index contributed by atoms with van der Waals surface area (Å²) in [5.41, 5.74) is 1.19. The summed E-state index contributed by atoms with van der Waals surface area (Å²) in [4.78, 5) is 33.6. The van der Waals surface area contributed by atoms with Gasteiger partial charge in [0.1, 0.15) is 5.82 Å². The first-order chi connectivity index (χ1) is 13.7. The molecule has 0 aliphatic carbocycles. The molecule has 1 aliphatic rings. The molecule has 1 aromatic carbocycles. The molecule has 0 saturated heterocycles. The predicted octanol–water partition coefficient (Wildman–Crippen LogP) is 2.01. The Morgan fingerprint density at radius 3 is 2.48 bits per heavy atom. The van der Waals surface area contributed by atoms with Crippen LogP contribution < -0.4 is 4.90 Å². The number of nitrogens with zero attached hydrogens (tertiary/aromatic N) is 2. The van der Waals surface area contributed by atoms with Gasteiger partial charge in [-0.2, -0.15) is 0 Å². The van der Waals surface area contributed by atoms with E-state index < -0.39 is 29.3 Å². The minimum Gasteiger partial charge on any atom is -0.503 e. The highest BCUT2D eigenvalue weighted by atomic mass is 32.1. The molecule has 2 heterocycles. The number of ketones is 1. The van der Waals surface area contributed by atoms with Crippen LogP contribution in [0, 0.1) is 19.7 Å². The maximum atomic E-state index is 13.5. The summed E-state index contributed by atoms with van der Waals surface area (Å²) in [6, 6.07) is 4.93. The first-order valence-corrected chi connectivity index (χ1v) is 10.3. The Bertz CT molecular complexity index is 966. The number of hydrogen-bond donors (Lipinski definition) is 2. The zero-order valence-corrected chi connectivity index (χ0v) is 17.8. The zero-order valence-electron chi connectivity index (χ0n) is 17.0. The Hall–Kier alpha value is -2.58. The second kappa shape index (κ2) is 8.42. The quantitative estimate of drug-likeness (QED) is 0.675. The van der Waals surface area contributed by atoms with Crippen LogP contribution in [0.5, 0.6) is 0 Å². The van der Waals surface area contributed by atoms with E-state index in [9.17, 15) is 19.1 Å². The highest BCUT2D eigenvalue weighted by molar-refractivity contribution is 7.14. The molecule has 2 aromatic rings.